The maximum atomic E-state index is 14.1. The molecule has 1 aliphatic rings. The van der Waals surface area contributed by atoms with Crippen molar-refractivity contribution >= 4 is 17.4 Å². The van der Waals surface area contributed by atoms with Crippen LogP contribution < -0.4 is 4.74 Å². The summed E-state index contributed by atoms with van der Waals surface area (Å²) in [5.41, 5.74) is -0.156. The van der Waals surface area contributed by atoms with Gasteiger partial charge in [0.2, 0.25) is 0 Å². The maximum Gasteiger partial charge on any atom is 0.296 e. The molecule has 1 aliphatic heterocycles. The molecule has 1 fully saturated rings. The second kappa shape index (κ2) is 7.31. The SMILES string of the molecule is COc1ccc(C(O)=C2C(=O)C(=O)N(Cc3ccco3)[C@@H]2c2ccco2)cc1F. The number of hydrogen-bond acceptors (Lipinski definition) is 6. The highest BCUT2D eigenvalue weighted by Gasteiger charge is 2.47. The van der Waals surface area contributed by atoms with E-state index in [-0.39, 0.29) is 29.2 Å². The van der Waals surface area contributed by atoms with Gasteiger partial charge in [-0.25, -0.2) is 4.39 Å². The monoisotopic (exact) mass is 397 g/mol. The number of hydrogen-bond donors (Lipinski definition) is 1. The first-order chi connectivity index (χ1) is 14.0. The van der Waals surface area contributed by atoms with Crippen molar-refractivity contribution in [3.05, 3.63) is 83.5 Å². The zero-order chi connectivity index (χ0) is 20.5. The fraction of sp³-hybridized carbons (Fsp3) is 0.143. The van der Waals surface area contributed by atoms with Crippen molar-refractivity contribution in [2.45, 2.75) is 12.6 Å². The van der Waals surface area contributed by atoms with Gasteiger partial charge in [-0.2, -0.15) is 0 Å². The summed E-state index contributed by atoms with van der Waals surface area (Å²) in [5.74, 6) is -2.21. The normalized spacial score (nSPS) is 18.4. The first-order valence-electron chi connectivity index (χ1n) is 8.69. The van der Waals surface area contributed by atoms with Crippen molar-refractivity contribution in [1.29, 1.82) is 0 Å². The lowest BCUT2D eigenvalue weighted by molar-refractivity contribution is -0.140. The summed E-state index contributed by atoms with van der Waals surface area (Å²) >= 11 is 0. The Hall–Kier alpha value is -3.81. The van der Waals surface area contributed by atoms with E-state index in [0.29, 0.717) is 5.76 Å². The number of carbonyl (C=O) groups is 2. The molecule has 7 nitrogen and oxygen atoms in total. The lowest BCUT2D eigenvalue weighted by Gasteiger charge is -2.22. The van der Waals surface area contributed by atoms with Gasteiger partial charge in [-0.3, -0.25) is 9.59 Å². The molecule has 29 heavy (non-hydrogen) atoms. The van der Waals surface area contributed by atoms with Crippen LogP contribution in [0.15, 0.2) is 69.4 Å². The topological polar surface area (TPSA) is 93.1 Å². The third kappa shape index (κ3) is 3.18. The molecule has 1 N–H and O–H groups in total. The number of methoxy groups -OCH3 is 1. The van der Waals surface area contributed by atoms with Crippen LogP contribution in [0.25, 0.3) is 5.76 Å². The molecule has 2 aromatic heterocycles. The van der Waals surface area contributed by atoms with Crippen molar-refractivity contribution in [2.24, 2.45) is 0 Å². The summed E-state index contributed by atoms with van der Waals surface area (Å²) in [5, 5.41) is 10.8. The van der Waals surface area contributed by atoms with Crippen LogP contribution >= 0.6 is 0 Å². The summed E-state index contributed by atoms with van der Waals surface area (Å²) in [6.07, 6.45) is 2.85. The van der Waals surface area contributed by atoms with Crippen LogP contribution in [-0.4, -0.2) is 28.8 Å². The number of furan rings is 2. The third-order valence-corrected chi connectivity index (χ3v) is 4.68. The number of Topliss-reactive ketones (excluding diaryl/α,β-unsaturated/α-hetero) is 1. The fourth-order valence-electron chi connectivity index (χ4n) is 3.33. The van der Waals surface area contributed by atoms with Gasteiger partial charge in [-0.15, -0.1) is 0 Å². The van der Waals surface area contributed by atoms with Crippen molar-refractivity contribution < 1.29 is 32.7 Å². The molecule has 8 heteroatoms. The lowest BCUT2D eigenvalue weighted by Crippen LogP contribution is -2.28. The van der Waals surface area contributed by atoms with Gasteiger partial charge in [0.25, 0.3) is 11.7 Å². The molecule has 1 aromatic carbocycles. The van der Waals surface area contributed by atoms with Crippen LogP contribution in [0.1, 0.15) is 23.1 Å². The Balaban J connectivity index is 1.83. The van der Waals surface area contributed by atoms with Crippen molar-refractivity contribution in [2.75, 3.05) is 7.11 Å². The number of amides is 1. The summed E-state index contributed by atoms with van der Waals surface area (Å²) in [7, 11) is 1.31. The number of ether oxygens (including phenoxy) is 1. The number of carbonyl (C=O) groups excluding carboxylic acids is 2. The third-order valence-electron chi connectivity index (χ3n) is 4.68. The highest BCUT2D eigenvalue weighted by Crippen LogP contribution is 2.40. The molecule has 0 spiro atoms. The predicted octanol–water partition coefficient (Wildman–Crippen LogP) is 3.64. The van der Waals surface area contributed by atoms with Gasteiger partial charge in [-0.05, 0) is 42.5 Å². The summed E-state index contributed by atoms with van der Waals surface area (Å²) in [4.78, 5) is 26.7. The van der Waals surface area contributed by atoms with E-state index in [4.69, 9.17) is 13.6 Å². The van der Waals surface area contributed by atoms with Gasteiger partial charge >= 0.3 is 0 Å². The standard InChI is InChI=1S/C21H16FNO6/c1-27-15-7-6-12(10-14(15)22)19(24)17-18(16-5-3-9-29-16)23(21(26)20(17)25)11-13-4-2-8-28-13/h2-10,18,24H,11H2,1H3/t18-/m1/s1. The molecule has 0 radical (unpaired) electrons. The lowest BCUT2D eigenvalue weighted by atomic mass is 9.99. The number of benzene rings is 1. The average Bonchev–Trinajstić information content (AvgIpc) is 3.46. The Morgan fingerprint density at radius 1 is 1.17 bits per heavy atom. The largest absolute Gasteiger partial charge is 0.507 e. The highest BCUT2D eigenvalue weighted by atomic mass is 19.1. The molecule has 3 heterocycles. The zero-order valence-corrected chi connectivity index (χ0v) is 15.3. The molecule has 1 atom stereocenters. The van der Waals surface area contributed by atoms with E-state index in [1.54, 1.807) is 24.3 Å². The molecule has 148 valence electrons. The Morgan fingerprint density at radius 3 is 2.55 bits per heavy atom. The minimum absolute atomic E-state index is 0.00328. The van der Waals surface area contributed by atoms with Gasteiger partial charge in [0.15, 0.2) is 11.6 Å². The van der Waals surface area contributed by atoms with Gasteiger partial charge < -0.3 is 23.6 Å². The number of nitrogens with zero attached hydrogens (tertiary/aromatic N) is 1. The zero-order valence-electron chi connectivity index (χ0n) is 15.3. The van der Waals surface area contributed by atoms with E-state index in [0.717, 1.165) is 6.07 Å². The molecule has 0 unspecified atom stereocenters. The average molecular weight is 397 g/mol. The summed E-state index contributed by atoms with van der Waals surface area (Å²) < 4.78 is 29.7. The van der Waals surface area contributed by atoms with Gasteiger partial charge in [0, 0.05) is 5.56 Å². The van der Waals surface area contributed by atoms with Crippen LogP contribution in [0.2, 0.25) is 0 Å². The van der Waals surface area contributed by atoms with E-state index < -0.39 is 29.3 Å². The highest BCUT2D eigenvalue weighted by molar-refractivity contribution is 6.46. The van der Waals surface area contributed by atoms with Crippen molar-refractivity contribution in [3.8, 4) is 5.75 Å². The van der Waals surface area contributed by atoms with Gasteiger partial charge in [0.05, 0.1) is 31.8 Å². The Labute approximate surface area is 164 Å². The molecule has 0 bridgehead atoms. The molecule has 0 saturated carbocycles. The second-order valence-corrected chi connectivity index (χ2v) is 6.37. The number of likely N-dealkylation sites (tertiary alicyclic amines) is 1. The first-order valence-corrected chi connectivity index (χ1v) is 8.69. The number of aliphatic hydroxyl groups is 1. The van der Waals surface area contributed by atoms with Gasteiger partial charge in [-0.1, -0.05) is 0 Å². The Bertz CT molecular complexity index is 1080. The molecule has 3 aromatic rings. The number of rotatable bonds is 5. The van der Waals surface area contributed by atoms with E-state index in [2.05, 4.69) is 0 Å². The van der Waals surface area contributed by atoms with Crippen LogP contribution in [0, 0.1) is 5.82 Å². The van der Waals surface area contributed by atoms with Crippen LogP contribution in [-0.2, 0) is 16.1 Å². The van der Waals surface area contributed by atoms with E-state index in [9.17, 15) is 19.1 Å². The molecule has 1 amide bonds. The maximum absolute atomic E-state index is 14.1. The van der Waals surface area contributed by atoms with E-state index in [1.165, 1.54) is 36.7 Å². The molecule has 1 saturated heterocycles. The molecular formula is C21H16FNO6. The minimum Gasteiger partial charge on any atom is -0.507 e. The second-order valence-electron chi connectivity index (χ2n) is 6.37. The molecular weight excluding hydrogens is 381 g/mol. The smallest absolute Gasteiger partial charge is 0.296 e. The van der Waals surface area contributed by atoms with E-state index in [1.807, 2.05) is 0 Å². The van der Waals surface area contributed by atoms with Crippen molar-refractivity contribution in [3.63, 3.8) is 0 Å². The Morgan fingerprint density at radius 2 is 1.93 bits per heavy atom. The first kappa shape index (κ1) is 18.5. The quantitative estimate of drug-likeness (QED) is 0.401. The number of ketones is 1. The summed E-state index contributed by atoms with van der Waals surface area (Å²) in [6.45, 7) is -0.00328. The van der Waals surface area contributed by atoms with Crippen LogP contribution in [0.3, 0.4) is 0 Å². The summed E-state index contributed by atoms with van der Waals surface area (Å²) in [6, 6.07) is 9.30. The van der Waals surface area contributed by atoms with Gasteiger partial charge in [0.1, 0.15) is 23.3 Å². The van der Waals surface area contributed by atoms with E-state index >= 15 is 0 Å². The van der Waals surface area contributed by atoms with Crippen LogP contribution in [0.4, 0.5) is 4.39 Å². The van der Waals surface area contributed by atoms with Crippen molar-refractivity contribution in [1.82, 2.24) is 4.90 Å². The van der Waals surface area contributed by atoms with Crippen LogP contribution in [0.5, 0.6) is 5.75 Å². The predicted molar refractivity (Wildman–Crippen MR) is 98.2 cm³/mol. The number of halogens is 1. The molecule has 4 rings (SSSR count). The molecule has 0 aliphatic carbocycles. The fourth-order valence-corrected chi connectivity index (χ4v) is 3.33. The Kier molecular flexibility index (Phi) is 4.67. The number of aliphatic hydroxyl groups excluding tert-OH is 1. The minimum atomic E-state index is -0.986.